The Kier molecular flexibility index (Phi) is 5.39. The number of nitrogens with two attached hydrogens (primary N) is 1. The van der Waals surface area contributed by atoms with Crippen LogP contribution in [0, 0.1) is 0 Å². The molecule has 0 fully saturated rings. The first kappa shape index (κ1) is 12.5. The minimum atomic E-state index is 0.518. The first-order valence-electron chi connectivity index (χ1n) is 5.02. The minimum Gasteiger partial charge on any atom is -0.493 e. The maximum atomic E-state index is 5.20. The van der Waals surface area contributed by atoms with Gasteiger partial charge in [0.2, 0.25) is 0 Å². The molecule has 1 aromatic rings. The summed E-state index contributed by atoms with van der Waals surface area (Å²) in [7, 11) is 3.24. The fraction of sp³-hybridized carbons (Fsp3) is 0.333. The summed E-state index contributed by atoms with van der Waals surface area (Å²) in [5.41, 5.74) is 1.05. The van der Waals surface area contributed by atoms with E-state index in [-0.39, 0.29) is 0 Å². The van der Waals surface area contributed by atoms with Crippen molar-refractivity contribution in [1.82, 2.24) is 0 Å². The molecule has 0 atom stereocenters. The second-order valence-corrected chi connectivity index (χ2v) is 3.18. The van der Waals surface area contributed by atoms with Crippen LogP contribution < -0.4 is 15.4 Å². The monoisotopic (exact) mass is 223 g/mol. The summed E-state index contributed by atoms with van der Waals surface area (Å²) >= 11 is 0. The molecule has 0 spiro atoms. The van der Waals surface area contributed by atoms with Crippen LogP contribution in [0.2, 0.25) is 0 Å². The van der Waals surface area contributed by atoms with E-state index in [1.165, 1.54) is 0 Å². The van der Waals surface area contributed by atoms with Gasteiger partial charge in [0.25, 0.3) is 0 Å². The summed E-state index contributed by atoms with van der Waals surface area (Å²) in [5.74, 6) is 6.37. The van der Waals surface area contributed by atoms with Crippen LogP contribution in [0.4, 0.5) is 0 Å². The van der Waals surface area contributed by atoms with Crippen molar-refractivity contribution in [2.45, 2.75) is 6.42 Å². The van der Waals surface area contributed by atoms with E-state index in [4.69, 9.17) is 15.4 Å². The lowest BCUT2D eigenvalue weighted by Gasteiger charge is -2.07. The average molecular weight is 223 g/mol. The summed E-state index contributed by atoms with van der Waals surface area (Å²) in [6.07, 6.45) is 4.76. The van der Waals surface area contributed by atoms with E-state index >= 15 is 0 Å². The van der Waals surface area contributed by atoms with Gasteiger partial charge in [0.1, 0.15) is 0 Å². The Hall–Kier alpha value is -1.52. The van der Waals surface area contributed by atoms with Crippen molar-refractivity contribution >= 4 is 6.08 Å². The second kappa shape index (κ2) is 6.87. The first-order chi connectivity index (χ1) is 7.81. The lowest BCUT2D eigenvalue weighted by atomic mass is 10.2. The van der Waals surface area contributed by atoms with Crippen LogP contribution in [-0.2, 0) is 4.84 Å². The van der Waals surface area contributed by atoms with Gasteiger partial charge in [-0.1, -0.05) is 18.2 Å². The molecule has 88 valence electrons. The van der Waals surface area contributed by atoms with Crippen molar-refractivity contribution in [3.05, 3.63) is 29.8 Å². The lowest BCUT2D eigenvalue weighted by Crippen LogP contribution is -1.98. The molecule has 0 saturated heterocycles. The van der Waals surface area contributed by atoms with Gasteiger partial charge in [0.15, 0.2) is 11.5 Å². The summed E-state index contributed by atoms with van der Waals surface area (Å²) in [4.78, 5) is 4.47. The molecule has 2 N–H and O–H groups in total. The smallest absolute Gasteiger partial charge is 0.161 e. The van der Waals surface area contributed by atoms with Gasteiger partial charge in [-0.25, -0.2) is 5.90 Å². The molecular weight excluding hydrogens is 206 g/mol. The second-order valence-electron chi connectivity index (χ2n) is 3.18. The molecule has 4 heteroatoms. The predicted octanol–water partition coefficient (Wildman–Crippen LogP) is 2.00. The number of hydrogen-bond acceptors (Lipinski definition) is 4. The molecule has 0 amide bonds. The van der Waals surface area contributed by atoms with Crippen molar-refractivity contribution in [3.8, 4) is 11.5 Å². The quantitative estimate of drug-likeness (QED) is 0.592. The van der Waals surface area contributed by atoms with Crippen LogP contribution in [-0.4, -0.2) is 20.8 Å². The van der Waals surface area contributed by atoms with Crippen LogP contribution in [0.5, 0.6) is 11.5 Å². The van der Waals surface area contributed by atoms with E-state index < -0.39 is 0 Å². The fourth-order valence-corrected chi connectivity index (χ4v) is 1.31. The maximum Gasteiger partial charge on any atom is 0.161 e. The topological polar surface area (TPSA) is 53.7 Å². The third kappa shape index (κ3) is 3.56. The summed E-state index contributed by atoms with van der Waals surface area (Å²) in [5, 5.41) is 0. The van der Waals surface area contributed by atoms with Gasteiger partial charge in [-0.2, -0.15) is 0 Å². The number of methoxy groups -OCH3 is 2. The fourth-order valence-electron chi connectivity index (χ4n) is 1.31. The van der Waals surface area contributed by atoms with Crippen LogP contribution in [0.1, 0.15) is 12.0 Å². The number of benzene rings is 1. The van der Waals surface area contributed by atoms with Gasteiger partial charge in [-0.15, -0.1) is 0 Å². The molecule has 0 aliphatic rings. The summed E-state index contributed by atoms with van der Waals surface area (Å²) in [6, 6.07) is 5.75. The Morgan fingerprint density at radius 2 is 1.94 bits per heavy atom. The van der Waals surface area contributed by atoms with Crippen molar-refractivity contribution < 1.29 is 14.3 Å². The largest absolute Gasteiger partial charge is 0.493 e. The van der Waals surface area contributed by atoms with Gasteiger partial charge >= 0.3 is 0 Å². The molecule has 1 aromatic carbocycles. The number of rotatable bonds is 6. The van der Waals surface area contributed by atoms with E-state index in [1.54, 1.807) is 14.2 Å². The maximum absolute atomic E-state index is 5.20. The molecule has 0 bridgehead atoms. The molecule has 0 unspecified atom stereocenters. The zero-order valence-electron chi connectivity index (χ0n) is 9.60. The molecule has 4 nitrogen and oxygen atoms in total. The highest BCUT2D eigenvalue weighted by Gasteiger charge is 2.02. The van der Waals surface area contributed by atoms with Crippen molar-refractivity contribution in [1.29, 1.82) is 0 Å². The van der Waals surface area contributed by atoms with Crippen molar-refractivity contribution in [3.63, 3.8) is 0 Å². The Morgan fingerprint density at radius 3 is 2.56 bits per heavy atom. The standard InChI is InChI=1S/C12H17NO3/c1-14-11-7-6-10(9-12(11)15-2)5-3-4-8-16-13/h3,5-7,9H,4,8,13H2,1-2H3/b5-3+. The zero-order valence-corrected chi connectivity index (χ0v) is 9.60. The first-order valence-corrected chi connectivity index (χ1v) is 5.02. The van der Waals surface area contributed by atoms with E-state index in [0.29, 0.717) is 6.61 Å². The van der Waals surface area contributed by atoms with Crippen LogP contribution in [0.25, 0.3) is 6.08 Å². The van der Waals surface area contributed by atoms with Gasteiger partial charge < -0.3 is 14.3 Å². The minimum absolute atomic E-state index is 0.518. The molecule has 1 rings (SSSR count). The normalized spacial score (nSPS) is 10.7. The highest BCUT2D eigenvalue weighted by molar-refractivity contribution is 5.55. The van der Waals surface area contributed by atoms with Gasteiger partial charge in [0, 0.05) is 0 Å². The highest BCUT2D eigenvalue weighted by atomic mass is 16.6. The summed E-state index contributed by atoms with van der Waals surface area (Å²) < 4.78 is 10.3. The Bertz CT molecular complexity index is 350. The van der Waals surface area contributed by atoms with E-state index in [9.17, 15) is 0 Å². The number of ether oxygens (including phenoxy) is 2. The van der Waals surface area contributed by atoms with Gasteiger partial charge in [0.05, 0.1) is 20.8 Å². The molecule has 16 heavy (non-hydrogen) atoms. The summed E-state index contributed by atoms with van der Waals surface area (Å²) in [6.45, 7) is 0.518. The van der Waals surface area contributed by atoms with Crippen molar-refractivity contribution in [2.75, 3.05) is 20.8 Å². The molecule has 0 heterocycles. The lowest BCUT2D eigenvalue weighted by molar-refractivity contribution is 0.143. The van der Waals surface area contributed by atoms with Crippen molar-refractivity contribution in [2.24, 2.45) is 5.90 Å². The Balaban J connectivity index is 2.71. The molecule has 0 aromatic heterocycles. The van der Waals surface area contributed by atoms with E-state index in [2.05, 4.69) is 4.84 Å². The Morgan fingerprint density at radius 1 is 1.19 bits per heavy atom. The van der Waals surface area contributed by atoms with Crippen LogP contribution in [0.15, 0.2) is 24.3 Å². The van der Waals surface area contributed by atoms with E-state index in [1.807, 2.05) is 30.4 Å². The third-order valence-electron chi connectivity index (χ3n) is 2.12. The SMILES string of the molecule is COc1ccc(/C=C/CCON)cc1OC. The highest BCUT2D eigenvalue weighted by Crippen LogP contribution is 2.27. The third-order valence-corrected chi connectivity index (χ3v) is 2.12. The van der Waals surface area contributed by atoms with Gasteiger partial charge in [-0.05, 0) is 24.1 Å². The zero-order chi connectivity index (χ0) is 11.8. The predicted molar refractivity (Wildman–Crippen MR) is 63.3 cm³/mol. The molecule has 0 radical (unpaired) electrons. The van der Waals surface area contributed by atoms with E-state index in [0.717, 1.165) is 23.5 Å². The number of hydrogen-bond donors (Lipinski definition) is 1. The average Bonchev–Trinajstić information content (AvgIpc) is 2.34. The van der Waals surface area contributed by atoms with Crippen LogP contribution in [0.3, 0.4) is 0 Å². The molecule has 0 aliphatic heterocycles. The van der Waals surface area contributed by atoms with Gasteiger partial charge in [-0.3, -0.25) is 0 Å². The molecule has 0 aliphatic carbocycles. The van der Waals surface area contributed by atoms with Crippen LogP contribution >= 0.6 is 0 Å². The Labute approximate surface area is 95.6 Å². The molecular formula is C12H17NO3. The molecule has 0 saturated carbocycles.